The summed E-state index contributed by atoms with van der Waals surface area (Å²) in [5.41, 5.74) is 1.09. The van der Waals surface area contributed by atoms with Crippen LogP contribution in [0, 0.1) is 0 Å². The monoisotopic (exact) mass is 357 g/mol. The summed E-state index contributed by atoms with van der Waals surface area (Å²) >= 11 is 5.87. The molecule has 0 aliphatic rings. The highest BCUT2D eigenvalue weighted by Crippen LogP contribution is 2.24. The number of carbonyl (C=O) groups is 1. The molecule has 1 amide bonds. The van der Waals surface area contributed by atoms with Crippen molar-refractivity contribution >= 4 is 23.2 Å². The van der Waals surface area contributed by atoms with Gasteiger partial charge >= 0.3 is 0 Å². The second kappa shape index (κ2) is 7.31. The van der Waals surface area contributed by atoms with Crippen LogP contribution in [0.1, 0.15) is 19.4 Å². The molecule has 3 rings (SSSR count). The normalized spacial score (nSPS) is 11.9. The van der Waals surface area contributed by atoms with Gasteiger partial charge in [0.05, 0.1) is 5.69 Å². The van der Waals surface area contributed by atoms with E-state index < -0.39 is 6.04 Å². The van der Waals surface area contributed by atoms with Crippen LogP contribution in [0.15, 0.2) is 48.5 Å². The number of aromatic hydroxyl groups is 1. The summed E-state index contributed by atoms with van der Waals surface area (Å²) in [6.45, 7) is 1.85. The Morgan fingerprint density at radius 2 is 1.96 bits per heavy atom. The molecule has 0 spiro atoms. The van der Waals surface area contributed by atoms with E-state index in [0.29, 0.717) is 23.0 Å². The number of rotatable bonds is 5. The molecular weight excluding hydrogens is 342 g/mol. The van der Waals surface area contributed by atoms with E-state index in [4.69, 9.17) is 11.6 Å². The lowest BCUT2D eigenvalue weighted by atomic mass is 10.2. The SMILES string of the molecule is CC[C@@H](C(=O)Nc1ccccc1O)n1nnc(-c2ccc(Cl)cc2)n1. The fourth-order valence-corrected chi connectivity index (χ4v) is 2.45. The van der Waals surface area contributed by atoms with Crippen LogP contribution < -0.4 is 5.32 Å². The zero-order valence-corrected chi connectivity index (χ0v) is 14.2. The van der Waals surface area contributed by atoms with Crippen molar-refractivity contribution in [2.24, 2.45) is 0 Å². The molecule has 0 aliphatic heterocycles. The van der Waals surface area contributed by atoms with Gasteiger partial charge in [-0.25, -0.2) is 0 Å². The number of tetrazole rings is 1. The first-order chi connectivity index (χ1) is 12.1. The Labute approximate surface area is 149 Å². The first-order valence-corrected chi connectivity index (χ1v) is 8.10. The molecule has 1 heterocycles. The number of phenolic OH excluding ortho intramolecular Hbond substituents is 1. The van der Waals surface area contributed by atoms with E-state index in [2.05, 4.69) is 20.7 Å². The van der Waals surface area contributed by atoms with Gasteiger partial charge in [-0.1, -0.05) is 30.7 Å². The summed E-state index contributed by atoms with van der Waals surface area (Å²) < 4.78 is 0. The van der Waals surface area contributed by atoms with Crippen LogP contribution in [0.4, 0.5) is 5.69 Å². The number of halogens is 1. The molecule has 2 aromatic carbocycles. The minimum absolute atomic E-state index is 0.000828. The molecule has 7 nitrogen and oxygen atoms in total. The van der Waals surface area contributed by atoms with Crippen molar-refractivity contribution in [2.75, 3.05) is 5.32 Å². The predicted molar refractivity (Wildman–Crippen MR) is 94.3 cm³/mol. The molecule has 0 unspecified atom stereocenters. The molecule has 0 aliphatic carbocycles. The van der Waals surface area contributed by atoms with Gasteiger partial charge in [0.25, 0.3) is 5.91 Å². The van der Waals surface area contributed by atoms with Crippen LogP contribution in [0.2, 0.25) is 5.02 Å². The summed E-state index contributed by atoms with van der Waals surface area (Å²) in [4.78, 5) is 13.8. The number of nitrogens with one attached hydrogen (secondary N) is 1. The fraction of sp³-hybridized carbons (Fsp3) is 0.176. The van der Waals surface area contributed by atoms with E-state index in [1.54, 1.807) is 42.5 Å². The predicted octanol–water partition coefficient (Wildman–Crippen LogP) is 3.29. The average Bonchev–Trinajstić information content (AvgIpc) is 3.08. The lowest BCUT2D eigenvalue weighted by Crippen LogP contribution is -2.27. The van der Waals surface area contributed by atoms with Gasteiger partial charge in [0.2, 0.25) is 5.82 Å². The first-order valence-electron chi connectivity index (χ1n) is 7.72. The van der Waals surface area contributed by atoms with Crippen LogP contribution in [0.5, 0.6) is 5.75 Å². The van der Waals surface area contributed by atoms with E-state index >= 15 is 0 Å². The molecular formula is C17H16ClN5O2. The molecule has 128 valence electrons. The van der Waals surface area contributed by atoms with Gasteiger partial charge in [0, 0.05) is 10.6 Å². The lowest BCUT2D eigenvalue weighted by molar-refractivity contribution is -0.120. The number of aromatic nitrogens is 4. The molecule has 1 aromatic heterocycles. The maximum atomic E-state index is 12.5. The van der Waals surface area contributed by atoms with Gasteiger partial charge < -0.3 is 10.4 Å². The Morgan fingerprint density at radius 1 is 1.24 bits per heavy atom. The van der Waals surface area contributed by atoms with Crippen LogP contribution in [0.25, 0.3) is 11.4 Å². The molecule has 0 fully saturated rings. The highest BCUT2D eigenvalue weighted by atomic mass is 35.5. The van der Waals surface area contributed by atoms with E-state index in [1.807, 2.05) is 6.92 Å². The minimum Gasteiger partial charge on any atom is -0.506 e. The van der Waals surface area contributed by atoms with Gasteiger partial charge in [-0.05, 0) is 48.0 Å². The molecule has 0 radical (unpaired) electrons. The number of amides is 1. The molecule has 8 heteroatoms. The fourth-order valence-electron chi connectivity index (χ4n) is 2.32. The van der Waals surface area contributed by atoms with Gasteiger partial charge in [-0.3, -0.25) is 4.79 Å². The van der Waals surface area contributed by atoms with Crippen molar-refractivity contribution in [3.63, 3.8) is 0 Å². The van der Waals surface area contributed by atoms with Crippen LogP contribution in [-0.2, 0) is 4.79 Å². The molecule has 0 saturated heterocycles. The average molecular weight is 358 g/mol. The van der Waals surface area contributed by atoms with Gasteiger partial charge in [0.15, 0.2) is 6.04 Å². The summed E-state index contributed by atoms with van der Waals surface area (Å²) in [6, 6.07) is 12.9. The molecule has 0 bridgehead atoms. The minimum atomic E-state index is -0.645. The van der Waals surface area contributed by atoms with Crippen molar-refractivity contribution in [1.82, 2.24) is 20.2 Å². The van der Waals surface area contributed by atoms with E-state index in [1.165, 1.54) is 10.9 Å². The maximum Gasteiger partial charge on any atom is 0.251 e. The smallest absolute Gasteiger partial charge is 0.251 e. The Hall–Kier alpha value is -2.93. The lowest BCUT2D eigenvalue weighted by Gasteiger charge is -2.14. The highest BCUT2D eigenvalue weighted by Gasteiger charge is 2.22. The Balaban J connectivity index is 1.80. The van der Waals surface area contributed by atoms with E-state index in [-0.39, 0.29) is 11.7 Å². The van der Waals surface area contributed by atoms with Crippen molar-refractivity contribution in [2.45, 2.75) is 19.4 Å². The second-order valence-electron chi connectivity index (χ2n) is 5.37. The summed E-state index contributed by atoms with van der Waals surface area (Å²) in [7, 11) is 0. The third-order valence-electron chi connectivity index (χ3n) is 3.66. The molecule has 1 atom stereocenters. The molecule has 0 saturated carbocycles. The third-order valence-corrected chi connectivity index (χ3v) is 3.91. The number of carbonyl (C=O) groups excluding carboxylic acids is 1. The van der Waals surface area contributed by atoms with Crippen LogP contribution in [0.3, 0.4) is 0 Å². The van der Waals surface area contributed by atoms with E-state index in [0.717, 1.165) is 5.56 Å². The highest BCUT2D eigenvalue weighted by molar-refractivity contribution is 6.30. The van der Waals surface area contributed by atoms with Crippen LogP contribution in [-0.4, -0.2) is 31.2 Å². The molecule has 3 aromatic rings. The second-order valence-corrected chi connectivity index (χ2v) is 5.81. The van der Waals surface area contributed by atoms with E-state index in [9.17, 15) is 9.90 Å². The largest absolute Gasteiger partial charge is 0.506 e. The van der Waals surface area contributed by atoms with Crippen molar-refractivity contribution in [1.29, 1.82) is 0 Å². The summed E-state index contributed by atoms with van der Waals surface area (Å²) in [5, 5.41) is 25.4. The number of anilines is 1. The number of nitrogens with zero attached hydrogens (tertiary/aromatic N) is 4. The Kier molecular flexibility index (Phi) is 4.95. The third kappa shape index (κ3) is 3.77. The summed E-state index contributed by atoms with van der Waals surface area (Å²) in [6.07, 6.45) is 0.468. The summed E-state index contributed by atoms with van der Waals surface area (Å²) in [5.74, 6) is 0.0774. The number of para-hydroxylation sites is 2. The topological polar surface area (TPSA) is 92.9 Å². The van der Waals surface area contributed by atoms with Gasteiger partial charge in [0.1, 0.15) is 5.75 Å². The number of phenols is 1. The van der Waals surface area contributed by atoms with Crippen molar-refractivity contribution < 1.29 is 9.90 Å². The van der Waals surface area contributed by atoms with Crippen molar-refractivity contribution in [3.8, 4) is 17.1 Å². The molecule has 2 N–H and O–H groups in total. The standard InChI is InChI=1S/C17H16ClN5O2/c1-2-14(17(25)19-13-5-3-4-6-15(13)24)23-21-16(20-22-23)11-7-9-12(18)10-8-11/h3-10,14,24H,2H2,1H3,(H,19,25)/t14-/m0/s1. The maximum absolute atomic E-state index is 12.5. The zero-order chi connectivity index (χ0) is 17.8. The number of hydrogen-bond donors (Lipinski definition) is 2. The van der Waals surface area contributed by atoms with Crippen LogP contribution >= 0.6 is 11.6 Å². The Bertz CT molecular complexity index is 879. The zero-order valence-electron chi connectivity index (χ0n) is 13.4. The number of benzene rings is 2. The molecule has 25 heavy (non-hydrogen) atoms. The first kappa shape index (κ1) is 16.9. The van der Waals surface area contributed by atoms with Gasteiger partial charge in [-0.2, -0.15) is 4.80 Å². The van der Waals surface area contributed by atoms with Crippen molar-refractivity contribution in [3.05, 3.63) is 53.6 Å². The Morgan fingerprint density at radius 3 is 2.64 bits per heavy atom. The quantitative estimate of drug-likeness (QED) is 0.683. The van der Waals surface area contributed by atoms with Gasteiger partial charge in [-0.15, -0.1) is 10.2 Å². The number of hydrogen-bond acceptors (Lipinski definition) is 5.